The van der Waals surface area contributed by atoms with Crippen LogP contribution >= 0.6 is 0 Å². The Morgan fingerprint density at radius 1 is 1.20 bits per heavy atom. The first-order valence-electron chi connectivity index (χ1n) is 14.8. The number of carboxylic acids is 1. The van der Waals surface area contributed by atoms with E-state index in [2.05, 4.69) is 5.32 Å². The van der Waals surface area contributed by atoms with Gasteiger partial charge in [0.25, 0.3) is 5.91 Å². The summed E-state index contributed by atoms with van der Waals surface area (Å²) in [6.45, 7) is 9.17. The second-order valence-corrected chi connectivity index (χ2v) is 12.5. The molecule has 7 atom stereocenters. The van der Waals surface area contributed by atoms with Crippen molar-refractivity contribution in [2.75, 3.05) is 13.6 Å². The minimum atomic E-state index is -1.98. The van der Waals surface area contributed by atoms with Crippen LogP contribution in [0.4, 0.5) is 0 Å². The van der Waals surface area contributed by atoms with Gasteiger partial charge in [-0.15, -0.1) is 0 Å². The number of fused-ring (bicyclic) bond motifs is 1. The Balaban J connectivity index is 1.46. The molecule has 1 aliphatic carbocycles. The lowest BCUT2D eigenvalue weighted by molar-refractivity contribution is -0.169. The summed E-state index contributed by atoms with van der Waals surface area (Å²) in [5, 5.41) is 44.9. The summed E-state index contributed by atoms with van der Waals surface area (Å²) in [7, 11) is 1.91. The van der Waals surface area contributed by atoms with Crippen LogP contribution in [0, 0.1) is 12.8 Å². The maximum absolute atomic E-state index is 13.0. The number of carboxylic acid groups (broad SMARTS) is 1. The molecular weight excluding hydrogens is 576 g/mol. The lowest BCUT2D eigenvalue weighted by atomic mass is 9.54. The molecule has 0 aromatic heterocycles. The van der Waals surface area contributed by atoms with Crippen molar-refractivity contribution in [1.82, 2.24) is 10.2 Å². The Morgan fingerprint density at radius 3 is 2.52 bits per heavy atom. The molecule has 44 heavy (non-hydrogen) atoms. The number of phenolic OH excluding ortho intramolecular Hbond substituents is 1. The summed E-state index contributed by atoms with van der Waals surface area (Å²) in [5.74, 6) is -4.18. The highest BCUT2D eigenvalue weighted by Crippen LogP contribution is 2.62. The van der Waals surface area contributed by atoms with Gasteiger partial charge in [-0.3, -0.25) is 9.59 Å². The van der Waals surface area contributed by atoms with Gasteiger partial charge in [0.2, 0.25) is 0 Å². The van der Waals surface area contributed by atoms with Gasteiger partial charge in [0, 0.05) is 18.0 Å². The largest absolute Gasteiger partial charge is 0.504 e. The number of phenols is 1. The summed E-state index contributed by atoms with van der Waals surface area (Å²) in [6, 6.07) is 1.76. The molecule has 0 saturated carbocycles. The molecule has 13 heteroatoms. The average molecular weight is 619 g/mol. The first-order chi connectivity index (χ1) is 20.5. The highest BCUT2D eigenvalue weighted by molar-refractivity contribution is 5.89. The summed E-state index contributed by atoms with van der Waals surface area (Å²) in [5.41, 5.74) is -0.927. The number of piperidine rings is 1. The molecule has 0 radical (unpaired) electrons. The number of aryl methyl sites for hydroxylation is 1. The van der Waals surface area contributed by atoms with Crippen molar-refractivity contribution in [2.24, 2.45) is 5.92 Å². The maximum Gasteiger partial charge on any atom is 0.336 e. The predicted molar refractivity (Wildman–Crippen MR) is 155 cm³/mol. The van der Waals surface area contributed by atoms with Gasteiger partial charge in [-0.2, -0.15) is 0 Å². The second-order valence-electron chi connectivity index (χ2n) is 12.5. The smallest absolute Gasteiger partial charge is 0.336 e. The molecule has 1 spiro atoms. The number of ether oxygens (including phenoxy) is 3. The minimum absolute atomic E-state index is 0.0218. The highest BCUT2D eigenvalue weighted by Gasteiger charge is 2.69. The number of esters is 2. The predicted octanol–water partition coefficient (Wildman–Crippen LogP) is 1.28. The number of amides is 1. The zero-order valence-corrected chi connectivity index (χ0v) is 25.8. The fourth-order valence-corrected chi connectivity index (χ4v) is 6.71. The van der Waals surface area contributed by atoms with Gasteiger partial charge in [0.15, 0.2) is 29.8 Å². The van der Waals surface area contributed by atoms with E-state index in [9.17, 15) is 39.6 Å². The van der Waals surface area contributed by atoms with Gasteiger partial charge in [0.05, 0.1) is 17.4 Å². The van der Waals surface area contributed by atoms with E-state index in [1.165, 1.54) is 13.0 Å². The number of aliphatic hydroxyl groups excluding tert-OH is 1. The highest BCUT2D eigenvalue weighted by atomic mass is 16.6. The number of carbonyl (C=O) groups is 4. The Morgan fingerprint density at radius 2 is 1.89 bits per heavy atom. The molecule has 5 N–H and O–H groups in total. The summed E-state index contributed by atoms with van der Waals surface area (Å²) in [4.78, 5) is 51.4. The number of hydrogen-bond donors (Lipinski definition) is 5. The number of likely N-dealkylation sites (tertiary alicyclic amines) is 1. The van der Waals surface area contributed by atoms with Gasteiger partial charge in [0.1, 0.15) is 11.8 Å². The molecule has 0 bridgehead atoms. The van der Waals surface area contributed by atoms with E-state index < -0.39 is 65.6 Å². The molecule has 1 aromatic carbocycles. The standard InChI is InChI=1S/C31H42N2O11/c1-15(2)13-19(28(38)39)32-27(37)17(4)42-29(40)21(35)14-23(36)43-22-9-10-31(41)18(5)33(6)12-11-30(31)24-16(3)7-8-20(34)25(24)44-26(22)30/h7-9,15,17-19,21,26,34-35,41H,10-14H2,1-6H3,(H,32,37)(H,38,39)/t17-,18+,19-,21-,26-,30-,31+/m0/s1. The van der Waals surface area contributed by atoms with Gasteiger partial charge in [-0.05, 0) is 70.8 Å². The van der Waals surface area contributed by atoms with Crippen LogP contribution in [0.3, 0.4) is 0 Å². The number of likely N-dealkylation sites (N-methyl/N-ethyl adjacent to an activating group) is 1. The van der Waals surface area contributed by atoms with E-state index in [0.29, 0.717) is 18.5 Å². The molecule has 3 aliphatic rings. The van der Waals surface area contributed by atoms with E-state index in [4.69, 9.17) is 14.2 Å². The fraction of sp³-hybridized carbons (Fsp3) is 0.613. The topological polar surface area (TPSA) is 192 Å². The number of nitrogens with one attached hydrogen (secondary N) is 1. The molecule has 13 nitrogen and oxygen atoms in total. The number of nitrogens with zero attached hydrogens (tertiary/aromatic N) is 1. The SMILES string of the molecule is Cc1ccc(O)c2c1[C@]13CCN(C)[C@H](C)[C@]1(O)CC=C(OC(=O)C[C@H](O)C(=O)O[C@@H](C)C(=O)N[C@@H](CC(C)C)C(=O)O)[C@@H]3O2. The number of benzene rings is 1. The Labute approximate surface area is 255 Å². The van der Waals surface area contributed by atoms with Crippen molar-refractivity contribution < 1.29 is 53.8 Å². The maximum atomic E-state index is 13.0. The van der Waals surface area contributed by atoms with Crippen molar-refractivity contribution in [3.05, 3.63) is 35.1 Å². The number of rotatable bonds is 10. The molecule has 1 amide bonds. The number of aliphatic carboxylic acids is 1. The van der Waals surface area contributed by atoms with E-state index in [0.717, 1.165) is 5.56 Å². The first-order valence-corrected chi connectivity index (χ1v) is 14.8. The van der Waals surface area contributed by atoms with Crippen molar-refractivity contribution in [1.29, 1.82) is 0 Å². The van der Waals surface area contributed by atoms with Crippen molar-refractivity contribution in [3.63, 3.8) is 0 Å². The van der Waals surface area contributed by atoms with Crippen LogP contribution in [0.5, 0.6) is 11.5 Å². The van der Waals surface area contributed by atoms with Gasteiger partial charge < -0.3 is 44.9 Å². The van der Waals surface area contributed by atoms with E-state index >= 15 is 0 Å². The normalized spacial score (nSPS) is 27.9. The number of hydrogen-bond acceptors (Lipinski definition) is 11. The Kier molecular flexibility index (Phi) is 9.34. The molecule has 0 unspecified atom stereocenters. The number of carbonyl (C=O) groups excluding carboxylic acids is 3. The molecule has 4 rings (SSSR count). The summed E-state index contributed by atoms with van der Waals surface area (Å²) >= 11 is 0. The second kappa shape index (κ2) is 12.4. The molecule has 1 aromatic rings. The average Bonchev–Trinajstić information content (AvgIpc) is 3.31. The number of aliphatic hydroxyl groups is 2. The Hall–Kier alpha value is -3.68. The van der Waals surface area contributed by atoms with Gasteiger partial charge in [-0.25, -0.2) is 9.59 Å². The molecule has 242 valence electrons. The van der Waals surface area contributed by atoms with Crippen LogP contribution in [0.2, 0.25) is 0 Å². The quantitative estimate of drug-likeness (QED) is 0.236. The van der Waals surface area contributed by atoms with Crippen molar-refractivity contribution >= 4 is 23.8 Å². The first kappa shape index (κ1) is 33.2. The lowest BCUT2D eigenvalue weighted by Crippen LogP contribution is -2.71. The zero-order valence-electron chi connectivity index (χ0n) is 25.8. The zero-order chi connectivity index (χ0) is 32.7. The molecular formula is C31H42N2O11. The molecule has 1 fully saturated rings. The molecule has 2 aliphatic heterocycles. The molecule has 1 saturated heterocycles. The van der Waals surface area contributed by atoms with Crippen LogP contribution in [-0.4, -0.2) is 98.7 Å². The van der Waals surface area contributed by atoms with E-state index in [-0.39, 0.29) is 42.1 Å². The summed E-state index contributed by atoms with van der Waals surface area (Å²) < 4.78 is 16.9. The fourth-order valence-electron chi connectivity index (χ4n) is 6.71. The van der Waals surface area contributed by atoms with Crippen LogP contribution < -0.4 is 10.1 Å². The Bertz CT molecular complexity index is 1360. The van der Waals surface area contributed by atoms with E-state index in [1.807, 2.05) is 25.8 Å². The third-order valence-electron chi connectivity index (χ3n) is 9.18. The van der Waals surface area contributed by atoms with Crippen molar-refractivity contribution in [3.8, 4) is 11.5 Å². The van der Waals surface area contributed by atoms with Crippen LogP contribution in [-0.2, 0) is 34.1 Å². The monoisotopic (exact) mass is 618 g/mol. The van der Waals surface area contributed by atoms with Gasteiger partial charge >= 0.3 is 17.9 Å². The lowest BCUT2D eigenvalue weighted by Gasteiger charge is -2.58. The van der Waals surface area contributed by atoms with Crippen molar-refractivity contribution in [2.45, 2.75) is 102 Å². The van der Waals surface area contributed by atoms with Gasteiger partial charge in [-0.1, -0.05) is 19.9 Å². The number of aromatic hydroxyl groups is 1. The van der Waals surface area contributed by atoms with Crippen LogP contribution in [0.25, 0.3) is 0 Å². The summed E-state index contributed by atoms with van der Waals surface area (Å²) in [6.07, 6.45) is -2.92. The van der Waals surface area contributed by atoms with Crippen LogP contribution in [0.15, 0.2) is 24.0 Å². The minimum Gasteiger partial charge on any atom is -0.504 e. The van der Waals surface area contributed by atoms with Crippen LogP contribution in [0.1, 0.15) is 64.5 Å². The third kappa shape index (κ3) is 5.75. The third-order valence-corrected chi connectivity index (χ3v) is 9.18. The molecule has 2 heterocycles. The van der Waals surface area contributed by atoms with E-state index in [1.54, 1.807) is 26.0 Å².